The number of hydrogen-bond donors (Lipinski definition) is 3. The number of anilines is 1. The first-order valence-electron chi connectivity index (χ1n) is 7.93. The van der Waals surface area contributed by atoms with E-state index in [0.29, 0.717) is 0 Å². The summed E-state index contributed by atoms with van der Waals surface area (Å²) in [5, 5.41) is 14.1. The maximum absolute atomic E-state index is 10.6. The van der Waals surface area contributed by atoms with Crippen LogP contribution in [0.15, 0.2) is 54.6 Å². The number of aliphatic hydroxyl groups is 1. The van der Waals surface area contributed by atoms with Crippen molar-refractivity contribution in [3.8, 4) is 0 Å². The largest absolute Gasteiger partial charge is 0.399 e. The molecule has 0 aromatic heterocycles. The zero-order valence-corrected chi connectivity index (χ0v) is 13.4. The molecule has 0 fully saturated rings. The molecule has 2 aromatic carbocycles. The summed E-state index contributed by atoms with van der Waals surface area (Å²) < 4.78 is 0. The SMILES string of the molecule is CC[C@@H](N[C@@H](C)Cc1ccc(N)cc1)[C@H](O)c1ccccc1. The molecule has 3 atom stereocenters. The molecule has 0 aliphatic carbocycles. The number of aliphatic hydroxyl groups excluding tert-OH is 1. The van der Waals surface area contributed by atoms with Gasteiger partial charge in [0.05, 0.1) is 6.10 Å². The molecular formula is C19H26N2O. The third-order valence-corrected chi connectivity index (χ3v) is 3.98. The van der Waals surface area contributed by atoms with Gasteiger partial charge in [-0.05, 0) is 43.0 Å². The Kier molecular flexibility index (Phi) is 5.99. The lowest BCUT2D eigenvalue weighted by molar-refractivity contribution is 0.120. The van der Waals surface area contributed by atoms with E-state index in [0.717, 1.165) is 24.1 Å². The van der Waals surface area contributed by atoms with Crippen LogP contribution >= 0.6 is 0 Å². The first-order valence-corrected chi connectivity index (χ1v) is 7.93. The van der Waals surface area contributed by atoms with Crippen molar-refractivity contribution in [3.05, 3.63) is 65.7 Å². The number of benzene rings is 2. The van der Waals surface area contributed by atoms with Crippen LogP contribution in [0.4, 0.5) is 5.69 Å². The Hall–Kier alpha value is -1.84. The topological polar surface area (TPSA) is 58.3 Å². The fraction of sp³-hybridized carbons (Fsp3) is 0.368. The lowest BCUT2D eigenvalue weighted by atomic mass is 9.98. The van der Waals surface area contributed by atoms with Gasteiger partial charge in [-0.25, -0.2) is 0 Å². The molecule has 22 heavy (non-hydrogen) atoms. The standard InChI is InChI=1S/C19H26N2O/c1-3-18(19(22)16-7-5-4-6-8-16)21-14(2)13-15-9-11-17(20)12-10-15/h4-12,14,18-19,21-22H,3,13,20H2,1-2H3/t14-,18+,19+/m0/s1. The summed E-state index contributed by atoms with van der Waals surface area (Å²) in [5.74, 6) is 0. The third-order valence-electron chi connectivity index (χ3n) is 3.98. The van der Waals surface area contributed by atoms with E-state index in [4.69, 9.17) is 5.73 Å². The Morgan fingerprint density at radius 2 is 1.68 bits per heavy atom. The molecule has 0 saturated heterocycles. The van der Waals surface area contributed by atoms with Crippen LogP contribution in [0.5, 0.6) is 0 Å². The molecule has 2 rings (SSSR count). The summed E-state index contributed by atoms with van der Waals surface area (Å²) in [6, 6.07) is 18.1. The van der Waals surface area contributed by atoms with Crippen molar-refractivity contribution in [2.45, 2.75) is 44.9 Å². The fourth-order valence-electron chi connectivity index (χ4n) is 2.75. The summed E-state index contributed by atoms with van der Waals surface area (Å²) in [6.45, 7) is 4.25. The molecule has 0 saturated carbocycles. The second-order valence-corrected chi connectivity index (χ2v) is 5.88. The van der Waals surface area contributed by atoms with Crippen molar-refractivity contribution < 1.29 is 5.11 Å². The van der Waals surface area contributed by atoms with Crippen LogP contribution < -0.4 is 11.1 Å². The van der Waals surface area contributed by atoms with E-state index in [2.05, 4.69) is 31.3 Å². The number of nitrogens with one attached hydrogen (secondary N) is 1. The molecule has 0 radical (unpaired) electrons. The van der Waals surface area contributed by atoms with Crippen LogP contribution in [0.25, 0.3) is 0 Å². The van der Waals surface area contributed by atoms with Crippen LogP contribution in [0, 0.1) is 0 Å². The van der Waals surface area contributed by atoms with Crippen LogP contribution in [-0.4, -0.2) is 17.2 Å². The van der Waals surface area contributed by atoms with E-state index in [1.807, 2.05) is 42.5 Å². The van der Waals surface area contributed by atoms with E-state index >= 15 is 0 Å². The number of rotatable bonds is 7. The first kappa shape index (κ1) is 16.5. The molecule has 0 unspecified atom stereocenters. The smallest absolute Gasteiger partial charge is 0.0942 e. The molecule has 0 aliphatic rings. The van der Waals surface area contributed by atoms with E-state index in [-0.39, 0.29) is 12.1 Å². The highest BCUT2D eigenvalue weighted by atomic mass is 16.3. The Morgan fingerprint density at radius 3 is 2.27 bits per heavy atom. The van der Waals surface area contributed by atoms with Gasteiger partial charge in [0.15, 0.2) is 0 Å². The molecule has 0 heterocycles. The van der Waals surface area contributed by atoms with Gasteiger partial charge >= 0.3 is 0 Å². The summed E-state index contributed by atoms with van der Waals surface area (Å²) in [5.41, 5.74) is 8.71. The monoisotopic (exact) mass is 298 g/mol. The van der Waals surface area contributed by atoms with Crippen LogP contribution in [0.3, 0.4) is 0 Å². The Balaban J connectivity index is 1.95. The zero-order chi connectivity index (χ0) is 15.9. The van der Waals surface area contributed by atoms with E-state index < -0.39 is 6.10 Å². The minimum Gasteiger partial charge on any atom is -0.399 e. The second kappa shape index (κ2) is 7.97. The molecule has 4 N–H and O–H groups in total. The Bertz CT molecular complexity index is 553. The lowest BCUT2D eigenvalue weighted by Gasteiger charge is -2.27. The first-order chi connectivity index (χ1) is 10.6. The van der Waals surface area contributed by atoms with Crippen molar-refractivity contribution in [1.82, 2.24) is 5.32 Å². The molecule has 118 valence electrons. The van der Waals surface area contributed by atoms with Gasteiger partial charge in [-0.3, -0.25) is 0 Å². The summed E-state index contributed by atoms with van der Waals surface area (Å²) in [6.07, 6.45) is 1.31. The fourth-order valence-corrected chi connectivity index (χ4v) is 2.75. The van der Waals surface area contributed by atoms with E-state index in [9.17, 15) is 5.11 Å². The van der Waals surface area contributed by atoms with Crippen molar-refractivity contribution in [2.24, 2.45) is 0 Å². The van der Waals surface area contributed by atoms with Gasteiger partial charge in [0.1, 0.15) is 0 Å². The van der Waals surface area contributed by atoms with Gasteiger partial charge in [0, 0.05) is 17.8 Å². The Labute approximate surface area is 133 Å². The zero-order valence-electron chi connectivity index (χ0n) is 13.4. The summed E-state index contributed by atoms with van der Waals surface area (Å²) >= 11 is 0. The van der Waals surface area contributed by atoms with E-state index in [1.165, 1.54) is 5.56 Å². The summed E-state index contributed by atoms with van der Waals surface area (Å²) in [7, 11) is 0. The molecule has 0 aliphatic heterocycles. The quantitative estimate of drug-likeness (QED) is 0.687. The average molecular weight is 298 g/mol. The third kappa shape index (κ3) is 4.58. The molecule has 0 bridgehead atoms. The van der Waals surface area contributed by atoms with Gasteiger partial charge < -0.3 is 16.2 Å². The van der Waals surface area contributed by atoms with Gasteiger partial charge in [0.2, 0.25) is 0 Å². The minimum atomic E-state index is -0.486. The highest BCUT2D eigenvalue weighted by molar-refractivity contribution is 5.39. The molecular weight excluding hydrogens is 272 g/mol. The summed E-state index contributed by atoms with van der Waals surface area (Å²) in [4.78, 5) is 0. The predicted octanol–water partition coefficient (Wildman–Crippen LogP) is 3.30. The molecule has 3 heteroatoms. The van der Waals surface area contributed by atoms with Crippen molar-refractivity contribution in [3.63, 3.8) is 0 Å². The Morgan fingerprint density at radius 1 is 1.05 bits per heavy atom. The van der Waals surface area contributed by atoms with Gasteiger partial charge in [-0.1, -0.05) is 49.4 Å². The van der Waals surface area contributed by atoms with Crippen molar-refractivity contribution in [1.29, 1.82) is 0 Å². The molecule has 0 spiro atoms. The minimum absolute atomic E-state index is 0.0474. The maximum Gasteiger partial charge on any atom is 0.0942 e. The van der Waals surface area contributed by atoms with Gasteiger partial charge in [-0.15, -0.1) is 0 Å². The van der Waals surface area contributed by atoms with Gasteiger partial charge in [-0.2, -0.15) is 0 Å². The van der Waals surface area contributed by atoms with E-state index in [1.54, 1.807) is 0 Å². The molecule has 2 aromatic rings. The highest BCUT2D eigenvalue weighted by Crippen LogP contribution is 2.19. The normalized spacial score (nSPS) is 15.2. The van der Waals surface area contributed by atoms with Crippen LogP contribution in [0.2, 0.25) is 0 Å². The average Bonchev–Trinajstić information content (AvgIpc) is 2.55. The molecule has 3 nitrogen and oxygen atoms in total. The maximum atomic E-state index is 10.6. The lowest BCUT2D eigenvalue weighted by Crippen LogP contribution is -2.41. The number of nitrogen functional groups attached to an aromatic ring is 1. The van der Waals surface area contributed by atoms with Gasteiger partial charge in [0.25, 0.3) is 0 Å². The molecule has 0 amide bonds. The van der Waals surface area contributed by atoms with Crippen molar-refractivity contribution in [2.75, 3.05) is 5.73 Å². The van der Waals surface area contributed by atoms with Crippen LogP contribution in [0.1, 0.15) is 37.5 Å². The number of hydrogen-bond acceptors (Lipinski definition) is 3. The number of nitrogens with two attached hydrogens (primary N) is 1. The van der Waals surface area contributed by atoms with Crippen LogP contribution in [-0.2, 0) is 6.42 Å². The highest BCUT2D eigenvalue weighted by Gasteiger charge is 2.20. The van der Waals surface area contributed by atoms with Crippen molar-refractivity contribution >= 4 is 5.69 Å². The second-order valence-electron chi connectivity index (χ2n) is 5.88. The predicted molar refractivity (Wildman–Crippen MR) is 92.6 cm³/mol.